The van der Waals surface area contributed by atoms with Crippen molar-refractivity contribution in [2.45, 2.75) is 6.92 Å². The Balaban J connectivity index is 1.71. The average Bonchev–Trinajstić information content (AvgIpc) is 2.99. The second-order valence-corrected chi connectivity index (χ2v) is 6.30. The highest BCUT2D eigenvalue weighted by molar-refractivity contribution is 7.20. The number of hydrogen-bond donors (Lipinski definition) is 1. The van der Waals surface area contributed by atoms with E-state index in [0.717, 1.165) is 32.5 Å². The number of carbonyl (C=O) groups is 1. The molecular formula is C18H13N3OS. The lowest BCUT2D eigenvalue weighted by molar-refractivity contribution is 0.102. The van der Waals surface area contributed by atoms with E-state index < -0.39 is 0 Å². The summed E-state index contributed by atoms with van der Waals surface area (Å²) in [5, 5.41) is 4.34. The zero-order chi connectivity index (χ0) is 15.8. The molecule has 2 aromatic carbocycles. The number of para-hydroxylation sites is 1. The Morgan fingerprint density at radius 3 is 2.65 bits per heavy atom. The standard InChI is InChI=1S/C18H13N3OS/c1-11-9-10-12-13(19-11)6-4-7-14(12)20-17(22)18-21-15-5-2-3-8-16(15)23-18/h2-10H,1H3,(H,20,22). The van der Waals surface area contributed by atoms with Gasteiger partial charge in [-0.25, -0.2) is 4.98 Å². The molecule has 0 saturated carbocycles. The van der Waals surface area contributed by atoms with E-state index in [4.69, 9.17) is 0 Å². The molecule has 4 nitrogen and oxygen atoms in total. The molecule has 2 heterocycles. The number of anilines is 1. The average molecular weight is 319 g/mol. The molecule has 4 rings (SSSR count). The van der Waals surface area contributed by atoms with Gasteiger partial charge in [0.2, 0.25) is 0 Å². The first-order valence-corrected chi connectivity index (χ1v) is 8.06. The number of amides is 1. The molecule has 112 valence electrons. The SMILES string of the molecule is Cc1ccc2c(NC(=O)c3nc4ccccc4s3)cccc2n1. The molecular weight excluding hydrogens is 306 g/mol. The van der Waals surface area contributed by atoms with E-state index in [9.17, 15) is 4.79 Å². The number of aromatic nitrogens is 2. The molecule has 4 aromatic rings. The van der Waals surface area contributed by atoms with Crippen molar-refractivity contribution in [3.63, 3.8) is 0 Å². The number of carbonyl (C=O) groups excluding carboxylic acids is 1. The van der Waals surface area contributed by atoms with Crippen molar-refractivity contribution in [3.8, 4) is 0 Å². The van der Waals surface area contributed by atoms with Gasteiger partial charge in [0, 0.05) is 11.1 Å². The van der Waals surface area contributed by atoms with E-state index in [0.29, 0.717) is 5.01 Å². The van der Waals surface area contributed by atoms with Crippen LogP contribution in [0, 0.1) is 6.92 Å². The van der Waals surface area contributed by atoms with Crippen molar-refractivity contribution in [3.05, 3.63) is 65.3 Å². The summed E-state index contributed by atoms with van der Waals surface area (Å²) in [6, 6.07) is 17.4. The molecule has 1 N–H and O–H groups in total. The molecule has 0 aliphatic carbocycles. The van der Waals surface area contributed by atoms with Gasteiger partial charge < -0.3 is 5.32 Å². The summed E-state index contributed by atoms with van der Waals surface area (Å²) in [5.41, 5.74) is 3.41. The van der Waals surface area contributed by atoms with Gasteiger partial charge in [0.15, 0.2) is 5.01 Å². The fraction of sp³-hybridized carbons (Fsp3) is 0.0556. The summed E-state index contributed by atoms with van der Waals surface area (Å²) in [4.78, 5) is 21.4. The van der Waals surface area contributed by atoms with Gasteiger partial charge in [-0.2, -0.15) is 0 Å². The molecule has 0 spiro atoms. The summed E-state index contributed by atoms with van der Waals surface area (Å²) in [5.74, 6) is -0.195. The Morgan fingerprint density at radius 1 is 0.957 bits per heavy atom. The van der Waals surface area contributed by atoms with E-state index >= 15 is 0 Å². The predicted molar refractivity (Wildman–Crippen MR) is 94.1 cm³/mol. The van der Waals surface area contributed by atoms with Gasteiger partial charge in [-0.05, 0) is 43.3 Å². The van der Waals surface area contributed by atoms with Crippen LogP contribution in [-0.4, -0.2) is 15.9 Å². The number of pyridine rings is 1. The summed E-state index contributed by atoms with van der Waals surface area (Å²) in [7, 11) is 0. The van der Waals surface area contributed by atoms with E-state index in [1.54, 1.807) is 0 Å². The number of fused-ring (bicyclic) bond motifs is 2. The Bertz CT molecular complexity index is 1010. The van der Waals surface area contributed by atoms with Crippen molar-refractivity contribution in [2.75, 3.05) is 5.32 Å². The lowest BCUT2D eigenvalue weighted by Crippen LogP contribution is -2.11. The van der Waals surface area contributed by atoms with Crippen molar-refractivity contribution >= 4 is 44.1 Å². The van der Waals surface area contributed by atoms with Crippen molar-refractivity contribution in [1.29, 1.82) is 0 Å². The smallest absolute Gasteiger partial charge is 0.284 e. The molecule has 0 bridgehead atoms. The Morgan fingerprint density at radius 2 is 1.78 bits per heavy atom. The van der Waals surface area contributed by atoms with Gasteiger partial charge in [0.1, 0.15) is 0 Å². The molecule has 0 unspecified atom stereocenters. The van der Waals surface area contributed by atoms with Crippen LogP contribution in [0.3, 0.4) is 0 Å². The second kappa shape index (κ2) is 5.44. The van der Waals surface area contributed by atoms with Crippen molar-refractivity contribution < 1.29 is 4.79 Å². The third-order valence-electron chi connectivity index (χ3n) is 3.61. The molecule has 1 amide bonds. The fourth-order valence-corrected chi connectivity index (χ4v) is 3.37. The molecule has 0 fully saturated rings. The van der Waals surface area contributed by atoms with Gasteiger partial charge in [-0.1, -0.05) is 18.2 Å². The third-order valence-corrected chi connectivity index (χ3v) is 4.64. The first-order valence-electron chi connectivity index (χ1n) is 7.24. The van der Waals surface area contributed by atoms with Gasteiger partial charge in [-0.15, -0.1) is 11.3 Å². The molecule has 5 heteroatoms. The lowest BCUT2D eigenvalue weighted by Gasteiger charge is -2.07. The topological polar surface area (TPSA) is 54.9 Å². The van der Waals surface area contributed by atoms with Crippen LogP contribution in [0.4, 0.5) is 5.69 Å². The minimum absolute atomic E-state index is 0.195. The van der Waals surface area contributed by atoms with Gasteiger partial charge in [0.05, 0.1) is 21.4 Å². The first kappa shape index (κ1) is 13.8. The minimum Gasteiger partial charge on any atom is -0.319 e. The highest BCUT2D eigenvalue weighted by atomic mass is 32.1. The maximum Gasteiger partial charge on any atom is 0.284 e. The fourth-order valence-electron chi connectivity index (χ4n) is 2.51. The van der Waals surface area contributed by atoms with Gasteiger partial charge in [-0.3, -0.25) is 9.78 Å². The Labute approximate surface area is 136 Å². The summed E-state index contributed by atoms with van der Waals surface area (Å²) < 4.78 is 1.01. The number of thiazole rings is 1. The molecule has 0 saturated heterocycles. The molecule has 0 aliphatic rings. The van der Waals surface area contributed by atoms with Crippen LogP contribution < -0.4 is 5.32 Å². The normalized spacial score (nSPS) is 11.0. The maximum absolute atomic E-state index is 12.5. The predicted octanol–water partition coefficient (Wildman–Crippen LogP) is 4.41. The largest absolute Gasteiger partial charge is 0.319 e. The monoisotopic (exact) mass is 319 g/mol. The lowest BCUT2D eigenvalue weighted by atomic mass is 10.1. The number of benzene rings is 2. The molecule has 23 heavy (non-hydrogen) atoms. The van der Waals surface area contributed by atoms with Crippen LogP contribution in [-0.2, 0) is 0 Å². The van der Waals surface area contributed by atoms with Crippen LogP contribution in [0.2, 0.25) is 0 Å². The number of aryl methyl sites for hydroxylation is 1. The quantitative estimate of drug-likeness (QED) is 0.595. The van der Waals surface area contributed by atoms with E-state index in [1.807, 2.05) is 61.5 Å². The van der Waals surface area contributed by atoms with E-state index in [1.165, 1.54) is 11.3 Å². The Kier molecular flexibility index (Phi) is 3.28. The molecule has 0 aliphatic heterocycles. The van der Waals surface area contributed by atoms with Crippen LogP contribution >= 0.6 is 11.3 Å². The van der Waals surface area contributed by atoms with Gasteiger partial charge >= 0.3 is 0 Å². The highest BCUT2D eigenvalue weighted by Crippen LogP contribution is 2.25. The summed E-state index contributed by atoms with van der Waals surface area (Å²) in [6.45, 7) is 1.95. The van der Waals surface area contributed by atoms with E-state index in [-0.39, 0.29) is 5.91 Å². The first-order chi connectivity index (χ1) is 11.2. The number of rotatable bonds is 2. The van der Waals surface area contributed by atoms with Crippen LogP contribution in [0.25, 0.3) is 21.1 Å². The van der Waals surface area contributed by atoms with Crippen LogP contribution in [0.15, 0.2) is 54.6 Å². The van der Waals surface area contributed by atoms with E-state index in [2.05, 4.69) is 15.3 Å². The van der Waals surface area contributed by atoms with Crippen molar-refractivity contribution in [1.82, 2.24) is 9.97 Å². The van der Waals surface area contributed by atoms with Crippen molar-refractivity contribution in [2.24, 2.45) is 0 Å². The third kappa shape index (κ3) is 2.55. The molecule has 2 aromatic heterocycles. The summed E-state index contributed by atoms with van der Waals surface area (Å²) in [6.07, 6.45) is 0. The summed E-state index contributed by atoms with van der Waals surface area (Å²) >= 11 is 1.39. The molecule has 0 radical (unpaired) electrons. The zero-order valence-electron chi connectivity index (χ0n) is 12.4. The zero-order valence-corrected chi connectivity index (χ0v) is 13.2. The Hall–Kier alpha value is -2.79. The maximum atomic E-state index is 12.5. The minimum atomic E-state index is -0.195. The second-order valence-electron chi connectivity index (χ2n) is 5.27. The van der Waals surface area contributed by atoms with Crippen LogP contribution in [0.1, 0.15) is 15.5 Å². The highest BCUT2D eigenvalue weighted by Gasteiger charge is 2.13. The molecule has 0 atom stereocenters. The number of hydrogen-bond acceptors (Lipinski definition) is 4. The number of nitrogens with zero attached hydrogens (tertiary/aromatic N) is 2. The van der Waals surface area contributed by atoms with Gasteiger partial charge in [0.25, 0.3) is 5.91 Å². The number of nitrogens with one attached hydrogen (secondary N) is 1. The van der Waals surface area contributed by atoms with Crippen LogP contribution in [0.5, 0.6) is 0 Å².